The molecule has 0 radical (unpaired) electrons. The third kappa shape index (κ3) is 5.02. The number of nitrogens with one attached hydrogen (secondary N) is 2. The molecule has 0 aliphatic rings. The standard InChI is InChI=1S/C17H24N4O2/c1-4-14-11-15(23-21-14)12-20-17(18-2)19-10-9-13-7-5-6-8-16(13)22-3/h5-8,11H,4,9-10,12H2,1-3H3,(H2,18,19,20). The lowest BCUT2D eigenvalue weighted by Crippen LogP contribution is -2.37. The first-order valence-electron chi connectivity index (χ1n) is 7.77. The van der Waals surface area contributed by atoms with Gasteiger partial charge in [-0.2, -0.15) is 0 Å². The molecule has 0 bridgehead atoms. The highest BCUT2D eigenvalue weighted by atomic mass is 16.5. The van der Waals surface area contributed by atoms with Crippen molar-refractivity contribution < 1.29 is 9.26 Å². The summed E-state index contributed by atoms with van der Waals surface area (Å²) in [5.41, 5.74) is 2.13. The third-order valence-corrected chi connectivity index (χ3v) is 3.50. The van der Waals surface area contributed by atoms with Crippen LogP contribution in [0.3, 0.4) is 0 Å². The summed E-state index contributed by atoms with van der Waals surface area (Å²) in [6.07, 6.45) is 1.72. The lowest BCUT2D eigenvalue weighted by atomic mass is 10.1. The van der Waals surface area contributed by atoms with Gasteiger partial charge in [0.05, 0.1) is 19.3 Å². The molecule has 1 aromatic heterocycles. The van der Waals surface area contributed by atoms with Crippen molar-refractivity contribution in [1.29, 1.82) is 0 Å². The van der Waals surface area contributed by atoms with Gasteiger partial charge in [-0.3, -0.25) is 4.99 Å². The zero-order valence-corrected chi connectivity index (χ0v) is 13.9. The molecule has 23 heavy (non-hydrogen) atoms. The van der Waals surface area contributed by atoms with Crippen molar-refractivity contribution in [1.82, 2.24) is 15.8 Å². The Kier molecular flexibility index (Phi) is 6.47. The second-order valence-corrected chi connectivity index (χ2v) is 5.05. The first kappa shape index (κ1) is 16.9. The number of methoxy groups -OCH3 is 1. The zero-order valence-electron chi connectivity index (χ0n) is 13.9. The van der Waals surface area contributed by atoms with E-state index in [2.05, 4.69) is 26.8 Å². The molecule has 124 valence electrons. The number of guanidine groups is 1. The molecule has 0 fully saturated rings. The van der Waals surface area contributed by atoms with Gasteiger partial charge in [-0.25, -0.2) is 0 Å². The highest BCUT2D eigenvalue weighted by molar-refractivity contribution is 5.79. The van der Waals surface area contributed by atoms with E-state index in [1.165, 1.54) is 5.56 Å². The largest absolute Gasteiger partial charge is 0.496 e. The average molecular weight is 316 g/mol. The van der Waals surface area contributed by atoms with Gasteiger partial charge in [0.15, 0.2) is 11.7 Å². The highest BCUT2D eigenvalue weighted by Gasteiger charge is 2.05. The van der Waals surface area contributed by atoms with Gasteiger partial charge in [-0.05, 0) is 24.5 Å². The van der Waals surface area contributed by atoms with E-state index in [1.807, 2.05) is 31.2 Å². The van der Waals surface area contributed by atoms with Crippen molar-refractivity contribution in [3.8, 4) is 5.75 Å². The average Bonchev–Trinajstić information content (AvgIpc) is 3.06. The predicted octanol–water partition coefficient (Wildman–Crippen LogP) is 2.15. The van der Waals surface area contributed by atoms with Gasteiger partial charge in [-0.1, -0.05) is 30.3 Å². The van der Waals surface area contributed by atoms with Crippen molar-refractivity contribution in [3.63, 3.8) is 0 Å². The lowest BCUT2D eigenvalue weighted by molar-refractivity contribution is 0.374. The third-order valence-electron chi connectivity index (χ3n) is 3.50. The van der Waals surface area contributed by atoms with Crippen molar-refractivity contribution >= 4 is 5.96 Å². The van der Waals surface area contributed by atoms with Crippen LogP contribution in [0.4, 0.5) is 0 Å². The van der Waals surface area contributed by atoms with E-state index in [0.717, 1.165) is 42.5 Å². The highest BCUT2D eigenvalue weighted by Crippen LogP contribution is 2.17. The first-order chi connectivity index (χ1) is 11.3. The van der Waals surface area contributed by atoms with E-state index in [0.29, 0.717) is 6.54 Å². The van der Waals surface area contributed by atoms with Crippen LogP contribution in [0.2, 0.25) is 0 Å². The summed E-state index contributed by atoms with van der Waals surface area (Å²) in [5, 5.41) is 10.5. The Bertz CT molecular complexity index is 637. The van der Waals surface area contributed by atoms with Gasteiger partial charge in [0.2, 0.25) is 0 Å². The molecule has 0 aliphatic carbocycles. The molecule has 0 saturated carbocycles. The molecule has 0 aliphatic heterocycles. The van der Waals surface area contributed by atoms with E-state index in [9.17, 15) is 0 Å². The molecule has 1 aromatic carbocycles. The second-order valence-electron chi connectivity index (χ2n) is 5.05. The normalized spacial score (nSPS) is 11.3. The number of aryl methyl sites for hydroxylation is 1. The van der Waals surface area contributed by atoms with E-state index in [4.69, 9.17) is 9.26 Å². The summed E-state index contributed by atoms with van der Waals surface area (Å²) >= 11 is 0. The van der Waals surface area contributed by atoms with Gasteiger partial charge >= 0.3 is 0 Å². The molecular weight excluding hydrogens is 292 g/mol. The fraction of sp³-hybridized carbons (Fsp3) is 0.412. The Hall–Kier alpha value is -2.50. The molecule has 0 unspecified atom stereocenters. The summed E-state index contributed by atoms with van der Waals surface area (Å²) in [6.45, 7) is 3.37. The number of aliphatic imine (C=N–C) groups is 1. The van der Waals surface area contributed by atoms with Gasteiger partial charge < -0.3 is 19.9 Å². The fourth-order valence-corrected chi connectivity index (χ4v) is 2.22. The maximum atomic E-state index is 5.35. The Labute approximate surface area is 136 Å². The molecule has 2 aromatic rings. The van der Waals surface area contributed by atoms with Crippen LogP contribution >= 0.6 is 0 Å². The molecule has 2 rings (SSSR count). The van der Waals surface area contributed by atoms with Gasteiger partial charge in [0, 0.05) is 19.7 Å². The molecular formula is C17H24N4O2. The van der Waals surface area contributed by atoms with Crippen LogP contribution < -0.4 is 15.4 Å². The minimum absolute atomic E-state index is 0.557. The van der Waals surface area contributed by atoms with E-state index in [1.54, 1.807) is 14.2 Å². The quantitative estimate of drug-likeness (QED) is 0.605. The SMILES string of the molecule is CCc1cc(CNC(=NC)NCCc2ccccc2OC)on1. The van der Waals surface area contributed by atoms with Crippen LogP contribution in [0.15, 0.2) is 39.8 Å². The Morgan fingerprint density at radius 1 is 1.30 bits per heavy atom. The molecule has 1 heterocycles. The van der Waals surface area contributed by atoms with Crippen LogP contribution in [0.25, 0.3) is 0 Å². The monoisotopic (exact) mass is 316 g/mol. The van der Waals surface area contributed by atoms with E-state index < -0.39 is 0 Å². The van der Waals surface area contributed by atoms with Crippen molar-refractivity contribution in [2.75, 3.05) is 20.7 Å². The van der Waals surface area contributed by atoms with Crippen LogP contribution in [-0.2, 0) is 19.4 Å². The van der Waals surface area contributed by atoms with Gasteiger partial charge in [0.1, 0.15) is 5.75 Å². The lowest BCUT2D eigenvalue weighted by Gasteiger charge is -2.12. The van der Waals surface area contributed by atoms with Crippen molar-refractivity contribution in [2.24, 2.45) is 4.99 Å². The molecule has 6 heteroatoms. The van der Waals surface area contributed by atoms with Gasteiger partial charge in [-0.15, -0.1) is 0 Å². The Morgan fingerprint density at radius 3 is 2.83 bits per heavy atom. The Morgan fingerprint density at radius 2 is 2.13 bits per heavy atom. The van der Waals surface area contributed by atoms with E-state index >= 15 is 0 Å². The van der Waals surface area contributed by atoms with Crippen LogP contribution in [0.5, 0.6) is 5.75 Å². The number of nitrogens with zero attached hydrogens (tertiary/aromatic N) is 2. The molecule has 0 atom stereocenters. The second kappa shape index (κ2) is 8.82. The summed E-state index contributed by atoms with van der Waals surface area (Å²) in [5.74, 6) is 2.44. The first-order valence-corrected chi connectivity index (χ1v) is 7.77. The van der Waals surface area contributed by atoms with E-state index in [-0.39, 0.29) is 0 Å². The summed E-state index contributed by atoms with van der Waals surface area (Å²) in [4.78, 5) is 4.20. The number of benzene rings is 1. The van der Waals surface area contributed by atoms with Crippen molar-refractivity contribution in [3.05, 3.63) is 47.3 Å². The summed E-state index contributed by atoms with van der Waals surface area (Å²) in [7, 11) is 3.44. The number of hydrogen-bond acceptors (Lipinski definition) is 4. The topological polar surface area (TPSA) is 71.7 Å². The molecule has 2 N–H and O–H groups in total. The zero-order chi connectivity index (χ0) is 16.5. The molecule has 0 amide bonds. The van der Waals surface area contributed by atoms with Crippen LogP contribution in [0.1, 0.15) is 23.9 Å². The molecule has 6 nitrogen and oxygen atoms in total. The number of hydrogen-bond donors (Lipinski definition) is 2. The minimum atomic E-state index is 0.557. The summed E-state index contributed by atoms with van der Waals surface area (Å²) in [6, 6.07) is 9.97. The van der Waals surface area contributed by atoms with Crippen molar-refractivity contribution in [2.45, 2.75) is 26.3 Å². The number of rotatable bonds is 7. The number of ether oxygens (including phenoxy) is 1. The minimum Gasteiger partial charge on any atom is -0.496 e. The Balaban J connectivity index is 1.79. The predicted molar refractivity (Wildman–Crippen MR) is 90.8 cm³/mol. The number of para-hydroxylation sites is 1. The maximum absolute atomic E-state index is 5.35. The molecule has 0 saturated heterocycles. The fourth-order valence-electron chi connectivity index (χ4n) is 2.22. The maximum Gasteiger partial charge on any atom is 0.191 e. The number of aromatic nitrogens is 1. The van der Waals surface area contributed by atoms with Crippen LogP contribution in [-0.4, -0.2) is 31.8 Å². The van der Waals surface area contributed by atoms with Gasteiger partial charge in [0.25, 0.3) is 0 Å². The smallest absolute Gasteiger partial charge is 0.191 e. The van der Waals surface area contributed by atoms with Crippen LogP contribution in [0, 0.1) is 0 Å². The summed E-state index contributed by atoms with van der Waals surface area (Å²) < 4.78 is 10.6. The molecule has 0 spiro atoms.